The predicted molar refractivity (Wildman–Crippen MR) is 42.7 cm³/mol. The van der Waals surface area contributed by atoms with Crippen LogP contribution in [0.25, 0.3) is 0 Å². The molecule has 0 fully saturated rings. The van der Waals surface area contributed by atoms with E-state index in [1.165, 1.54) is 0 Å². The molecule has 0 heterocycles. The smallest absolute Gasteiger partial charge is 0.0572 e. The third-order valence-electron chi connectivity index (χ3n) is 1.37. The van der Waals surface area contributed by atoms with Crippen LogP contribution in [0, 0.1) is 0 Å². The van der Waals surface area contributed by atoms with Crippen molar-refractivity contribution in [2.24, 2.45) is 0 Å². The van der Waals surface area contributed by atoms with Crippen LogP contribution in [0.4, 0.5) is 0 Å². The second-order valence-electron chi connectivity index (χ2n) is 2.32. The van der Waals surface area contributed by atoms with Crippen LogP contribution in [0.3, 0.4) is 0 Å². The molecule has 0 spiro atoms. The summed E-state index contributed by atoms with van der Waals surface area (Å²) in [5.41, 5.74) is 2.77. The lowest BCUT2D eigenvalue weighted by molar-refractivity contribution is 0.0787. The van der Waals surface area contributed by atoms with E-state index in [1.807, 2.05) is 20.2 Å². The topological polar surface area (TPSA) is 24.5 Å². The van der Waals surface area contributed by atoms with Gasteiger partial charge in [0.2, 0.25) is 0 Å². The number of hydroxylamine groups is 1. The molecule has 0 aliphatic carbocycles. The highest BCUT2D eigenvalue weighted by molar-refractivity contribution is 4.85. The molecule has 3 heteroatoms. The van der Waals surface area contributed by atoms with Gasteiger partial charge in [0.15, 0.2) is 0 Å². The molecule has 0 aliphatic heterocycles. The van der Waals surface area contributed by atoms with E-state index in [2.05, 4.69) is 17.0 Å². The fourth-order valence-electron chi connectivity index (χ4n) is 0.645. The maximum Gasteiger partial charge on any atom is 0.0572 e. The third-order valence-corrected chi connectivity index (χ3v) is 1.37. The minimum atomic E-state index is 0.333. The summed E-state index contributed by atoms with van der Waals surface area (Å²) in [4.78, 5) is 6.77. The second-order valence-corrected chi connectivity index (χ2v) is 2.32. The van der Waals surface area contributed by atoms with Crippen molar-refractivity contribution in [3.8, 4) is 0 Å². The van der Waals surface area contributed by atoms with E-state index >= 15 is 0 Å². The lowest BCUT2D eigenvalue weighted by Crippen LogP contribution is -2.35. The van der Waals surface area contributed by atoms with Gasteiger partial charge in [0.1, 0.15) is 0 Å². The van der Waals surface area contributed by atoms with E-state index in [0.717, 1.165) is 6.54 Å². The first-order valence-corrected chi connectivity index (χ1v) is 3.27. The van der Waals surface area contributed by atoms with Gasteiger partial charge in [0.25, 0.3) is 0 Å². The molecule has 0 rings (SSSR count). The molecule has 0 aromatic rings. The summed E-state index contributed by atoms with van der Waals surface area (Å²) >= 11 is 0. The first-order chi connectivity index (χ1) is 4.72. The van der Waals surface area contributed by atoms with Gasteiger partial charge in [-0.1, -0.05) is 6.08 Å². The van der Waals surface area contributed by atoms with E-state index in [9.17, 15) is 0 Å². The summed E-state index contributed by atoms with van der Waals surface area (Å²) in [6, 6.07) is 0.333. The minimum absolute atomic E-state index is 0.333. The van der Waals surface area contributed by atoms with Gasteiger partial charge in [-0.15, -0.1) is 6.58 Å². The highest BCUT2D eigenvalue weighted by Crippen LogP contribution is 1.90. The van der Waals surface area contributed by atoms with Crippen LogP contribution in [-0.4, -0.2) is 38.7 Å². The molecule has 0 bridgehead atoms. The van der Waals surface area contributed by atoms with Crippen molar-refractivity contribution in [2.75, 3.05) is 27.7 Å². The Morgan fingerprint density at radius 2 is 2.30 bits per heavy atom. The summed E-state index contributed by atoms with van der Waals surface area (Å²) in [7, 11) is 5.61. The van der Waals surface area contributed by atoms with Crippen LogP contribution >= 0.6 is 0 Å². The van der Waals surface area contributed by atoms with Gasteiger partial charge in [-0.25, -0.2) is 5.48 Å². The average Bonchev–Trinajstić information content (AvgIpc) is 1.89. The first-order valence-electron chi connectivity index (χ1n) is 3.27. The SMILES string of the molecule is C=CC(CNOC)N(C)C. The summed E-state index contributed by atoms with van der Waals surface area (Å²) in [5, 5.41) is 0. The number of rotatable bonds is 5. The monoisotopic (exact) mass is 144 g/mol. The van der Waals surface area contributed by atoms with Crippen LogP contribution in [0.1, 0.15) is 0 Å². The maximum atomic E-state index is 4.70. The normalized spacial score (nSPS) is 13.6. The Balaban J connectivity index is 3.50. The van der Waals surface area contributed by atoms with Gasteiger partial charge in [-0.3, -0.25) is 0 Å². The zero-order chi connectivity index (χ0) is 7.98. The highest BCUT2D eigenvalue weighted by atomic mass is 16.6. The Kier molecular flexibility index (Phi) is 5.20. The summed E-state index contributed by atoms with van der Waals surface area (Å²) < 4.78 is 0. The summed E-state index contributed by atoms with van der Waals surface area (Å²) in [5.74, 6) is 0. The summed E-state index contributed by atoms with van der Waals surface area (Å²) in [6.07, 6.45) is 1.88. The van der Waals surface area contributed by atoms with Crippen molar-refractivity contribution in [2.45, 2.75) is 6.04 Å². The van der Waals surface area contributed by atoms with Gasteiger partial charge in [-0.2, -0.15) is 0 Å². The van der Waals surface area contributed by atoms with E-state index in [4.69, 9.17) is 4.84 Å². The zero-order valence-corrected chi connectivity index (χ0v) is 6.92. The molecule has 0 aliphatic rings. The van der Waals surface area contributed by atoms with Crippen molar-refractivity contribution in [1.29, 1.82) is 0 Å². The van der Waals surface area contributed by atoms with Crippen LogP contribution in [0.15, 0.2) is 12.7 Å². The number of nitrogens with zero attached hydrogens (tertiary/aromatic N) is 1. The number of hydrogen-bond donors (Lipinski definition) is 1. The molecule has 1 unspecified atom stereocenters. The Bertz CT molecular complexity index is 93.6. The molecule has 0 aromatic heterocycles. The fraction of sp³-hybridized carbons (Fsp3) is 0.714. The van der Waals surface area contributed by atoms with Gasteiger partial charge in [-0.05, 0) is 14.1 Å². The van der Waals surface area contributed by atoms with Crippen molar-refractivity contribution in [3.05, 3.63) is 12.7 Å². The Hall–Kier alpha value is -0.380. The highest BCUT2D eigenvalue weighted by Gasteiger charge is 2.04. The number of hydrogen-bond acceptors (Lipinski definition) is 3. The summed E-state index contributed by atoms with van der Waals surface area (Å²) in [6.45, 7) is 4.47. The van der Waals surface area contributed by atoms with Crippen molar-refractivity contribution < 1.29 is 4.84 Å². The lowest BCUT2D eigenvalue weighted by Gasteiger charge is -2.19. The third kappa shape index (κ3) is 3.61. The van der Waals surface area contributed by atoms with E-state index < -0.39 is 0 Å². The Morgan fingerprint density at radius 1 is 1.70 bits per heavy atom. The molecule has 0 saturated heterocycles. The van der Waals surface area contributed by atoms with E-state index in [1.54, 1.807) is 7.11 Å². The van der Waals surface area contributed by atoms with Crippen LogP contribution in [0.5, 0.6) is 0 Å². The molecule has 10 heavy (non-hydrogen) atoms. The minimum Gasteiger partial charge on any atom is -0.305 e. The Labute approximate surface area is 62.6 Å². The van der Waals surface area contributed by atoms with Crippen LogP contribution < -0.4 is 5.48 Å². The second kappa shape index (κ2) is 5.41. The molecule has 60 valence electrons. The lowest BCUT2D eigenvalue weighted by atomic mass is 10.3. The van der Waals surface area contributed by atoms with Gasteiger partial charge in [0, 0.05) is 12.6 Å². The molecular formula is C7H16N2O. The van der Waals surface area contributed by atoms with Gasteiger partial charge in [0.05, 0.1) is 7.11 Å². The molecule has 0 aromatic carbocycles. The van der Waals surface area contributed by atoms with Gasteiger partial charge >= 0.3 is 0 Å². The molecule has 1 N–H and O–H groups in total. The molecular weight excluding hydrogens is 128 g/mol. The predicted octanol–water partition coefficient (Wildman–Crippen LogP) is 0.254. The molecule has 0 saturated carbocycles. The number of likely N-dealkylation sites (N-methyl/N-ethyl adjacent to an activating group) is 1. The first kappa shape index (κ1) is 9.62. The molecule has 3 nitrogen and oxygen atoms in total. The quantitative estimate of drug-likeness (QED) is 0.442. The van der Waals surface area contributed by atoms with Crippen molar-refractivity contribution in [3.63, 3.8) is 0 Å². The fourth-order valence-corrected chi connectivity index (χ4v) is 0.645. The maximum absolute atomic E-state index is 4.70. The number of nitrogens with one attached hydrogen (secondary N) is 1. The molecule has 1 atom stereocenters. The largest absolute Gasteiger partial charge is 0.305 e. The van der Waals surface area contributed by atoms with E-state index in [-0.39, 0.29) is 0 Å². The zero-order valence-electron chi connectivity index (χ0n) is 6.92. The standard InChI is InChI=1S/C7H16N2O/c1-5-7(9(2)3)6-8-10-4/h5,7-8H,1,6H2,2-4H3. The van der Waals surface area contributed by atoms with Crippen LogP contribution in [-0.2, 0) is 4.84 Å². The van der Waals surface area contributed by atoms with Crippen molar-refractivity contribution >= 4 is 0 Å². The van der Waals surface area contributed by atoms with Crippen molar-refractivity contribution in [1.82, 2.24) is 10.4 Å². The molecule has 0 amide bonds. The Morgan fingerprint density at radius 3 is 2.60 bits per heavy atom. The van der Waals surface area contributed by atoms with Gasteiger partial charge < -0.3 is 9.74 Å². The van der Waals surface area contributed by atoms with E-state index in [0.29, 0.717) is 6.04 Å². The average molecular weight is 144 g/mol. The van der Waals surface area contributed by atoms with Crippen LogP contribution in [0.2, 0.25) is 0 Å². The molecule has 0 radical (unpaired) electrons.